The number of hydrogen-bond acceptors (Lipinski definition) is 3. The third kappa shape index (κ3) is 2.81. The number of nitrogens with zero attached hydrogens (tertiary/aromatic N) is 1. The predicted molar refractivity (Wildman–Crippen MR) is 111 cm³/mol. The second-order valence-corrected chi connectivity index (χ2v) is 6.90. The van der Waals surface area contributed by atoms with Crippen molar-refractivity contribution in [1.29, 1.82) is 0 Å². The largest absolute Gasteiger partial charge is 0.456 e. The summed E-state index contributed by atoms with van der Waals surface area (Å²) >= 11 is 0. The Morgan fingerprint density at radius 3 is 2.41 bits per heavy atom. The van der Waals surface area contributed by atoms with Gasteiger partial charge in [-0.2, -0.15) is 0 Å². The fourth-order valence-electron chi connectivity index (χ4n) is 3.66. The highest BCUT2D eigenvalue weighted by Gasteiger charge is 2.17. The molecule has 27 heavy (non-hydrogen) atoms. The minimum absolute atomic E-state index is 0.821. The number of hydrogen-bond donors (Lipinski definition) is 1. The first kappa shape index (κ1) is 15.9. The summed E-state index contributed by atoms with van der Waals surface area (Å²) < 4.78 is 6.26. The van der Waals surface area contributed by atoms with Crippen LogP contribution in [0.2, 0.25) is 0 Å². The molecule has 0 saturated carbocycles. The number of amidine groups is 1. The minimum Gasteiger partial charge on any atom is -0.456 e. The first-order chi connectivity index (χ1) is 13.3. The normalized spacial score (nSPS) is 13.6. The van der Waals surface area contributed by atoms with E-state index in [0.29, 0.717) is 0 Å². The van der Waals surface area contributed by atoms with E-state index in [1.165, 1.54) is 16.7 Å². The summed E-state index contributed by atoms with van der Waals surface area (Å²) in [7, 11) is 0. The van der Waals surface area contributed by atoms with Crippen LogP contribution in [0.1, 0.15) is 11.1 Å². The van der Waals surface area contributed by atoms with Crippen LogP contribution in [0.3, 0.4) is 0 Å². The van der Waals surface area contributed by atoms with Crippen molar-refractivity contribution >= 4 is 16.8 Å². The molecule has 1 aliphatic heterocycles. The Balaban J connectivity index is 1.67. The Labute approximate surface area is 158 Å². The molecule has 3 aromatic carbocycles. The van der Waals surface area contributed by atoms with Gasteiger partial charge in [0.15, 0.2) is 0 Å². The monoisotopic (exact) mass is 352 g/mol. The van der Waals surface area contributed by atoms with E-state index < -0.39 is 0 Å². The first-order valence-electron chi connectivity index (χ1n) is 9.27. The lowest BCUT2D eigenvalue weighted by molar-refractivity contribution is 0.631. The summed E-state index contributed by atoms with van der Waals surface area (Å²) in [5, 5.41) is 4.50. The number of rotatable bonds is 3. The van der Waals surface area contributed by atoms with Crippen molar-refractivity contribution in [3.63, 3.8) is 0 Å². The lowest BCUT2D eigenvalue weighted by Crippen LogP contribution is -2.20. The third-order valence-electron chi connectivity index (χ3n) is 5.05. The highest BCUT2D eigenvalue weighted by atomic mass is 16.3. The van der Waals surface area contributed by atoms with Gasteiger partial charge < -0.3 is 9.73 Å². The third-order valence-corrected chi connectivity index (χ3v) is 5.05. The van der Waals surface area contributed by atoms with E-state index >= 15 is 0 Å². The maximum Gasteiger partial charge on any atom is 0.136 e. The quantitative estimate of drug-likeness (QED) is 0.534. The van der Waals surface area contributed by atoms with Gasteiger partial charge >= 0.3 is 0 Å². The lowest BCUT2D eigenvalue weighted by Gasteiger charge is -2.07. The number of aliphatic imine (C=N–C) groups is 1. The molecule has 0 unspecified atom stereocenters. The number of nitrogens with one attached hydrogen (secondary N) is 1. The van der Waals surface area contributed by atoms with Gasteiger partial charge in [0.2, 0.25) is 0 Å². The molecule has 5 rings (SSSR count). The van der Waals surface area contributed by atoms with Gasteiger partial charge in [-0.05, 0) is 30.2 Å². The maximum atomic E-state index is 6.26. The second kappa shape index (κ2) is 6.44. The minimum atomic E-state index is 0.821. The first-order valence-corrected chi connectivity index (χ1v) is 9.27. The molecule has 0 bridgehead atoms. The maximum absolute atomic E-state index is 6.26. The van der Waals surface area contributed by atoms with Crippen LogP contribution < -0.4 is 5.32 Å². The van der Waals surface area contributed by atoms with Crippen LogP contribution in [0.5, 0.6) is 0 Å². The van der Waals surface area contributed by atoms with E-state index in [0.717, 1.165) is 46.8 Å². The van der Waals surface area contributed by atoms with Crippen molar-refractivity contribution < 1.29 is 4.42 Å². The molecule has 0 aliphatic carbocycles. The molecule has 0 amide bonds. The molecule has 0 saturated heterocycles. The van der Waals surface area contributed by atoms with Crippen molar-refractivity contribution in [2.45, 2.75) is 6.92 Å². The summed E-state index contributed by atoms with van der Waals surface area (Å²) in [4.78, 5) is 4.58. The van der Waals surface area contributed by atoms with Gasteiger partial charge in [0.1, 0.15) is 17.2 Å². The molecule has 132 valence electrons. The zero-order valence-corrected chi connectivity index (χ0v) is 15.2. The van der Waals surface area contributed by atoms with Crippen LogP contribution in [-0.4, -0.2) is 18.9 Å². The Bertz CT molecular complexity index is 1150. The molecular formula is C24H20N2O. The van der Waals surface area contributed by atoms with Crippen LogP contribution in [0.15, 0.2) is 82.2 Å². The van der Waals surface area contributed by atoms with Crippen LogP contribution in [0, 0.1) is 6.92 Å². The summed E-state index contributed by atoms with van der Waals surface area (Å²) in [5.74, 6) is 1.82. The molecule has 0 atom stereocenters. The number of aryl methyl sites for hydroxylation is 1. The molecule has 0 radical (unpaired) electrons. The van der Waals surface area contributed by atoms with Crippen molar-refractivity contribution in [1.82, 2.24) is 5.32 Å². The predicted octanol–water partition coefficient (Wildman–Crippen LogP) is 5.43. The van der Waals surface area contributed by atoms with Crippen molar-refractivity contribution in [2.75, 3.05) is 13.1 Å². The Kier molecular flexibility index (Phi) is 3.79. The van der Waals surface area contributed by atoms with Crippen LogP contribution in [-0.2, 0) is 0 Å². The Hall–Kier alpha value is -3.33. The second-order valence-electron chi connectivity index (χ2n) is 6.90. The van der Waals surface area contributed by atoms with Gasteiger partial charge in [0.05, 0.1) is 6.54 Å². The Morgan fingerprint density at radius 1 is 0.852 bits per heavy atom. The van der Waals surface area contributed by atoms with E-state index in [1.54, 1.807) is 0 Å². The zero-order valence-electron chi connectivity index (χ0n) is 15.2. The van der Waals surface area contributed by atoms with Crippen molar-refractivity contribution in [3.8, 4) is 22.5 Å². The molecule has 1 aliphatic rings. The van der Waals surface area contributed by atoms with Gasteiger partial charge in [0.25, 0.3) is 0 Å². The van der Waals surface area contributed by atoms with E-state index in [9.17, 15) is 0 Å². The smallest absolute Gasteiger partial charge is 0.136 e. The standard InChI is InChI=1S/C24H20N2O/c1-16-9-11-17(12-10-16)18-7-4-8-22-21(18)15-23(27-22)19-5-2-3-6-20(19)24-25-13-14-26-24/h2-12,15H,13-14H2,1H3,(H,25,26). The zero-order chi connectivity index (χ0) is 18.2. The summed E-state index contributed by atoms with van der Waals surface area (Å²) in [5.41, 5.74) is 6.71. The van der Waals surface area contributed by atoms with Gasteiger partial charge in [-0.25, -0.2) is 0 Å². The van der Waals surface area contributed by atoms with Crippen LogP contribution in [0.25, 0.3) is 33.4 Å². The highest BCUT2D eigenvalue weighted by molar-refractivity contribution is 6.06. The number of benzene rings is 3. The summed E-state index contributed by atoms with van der Waals surface area (Å²) in [6.07, 6.45) is 0. The SMILES string of the molecule is Cc1ccc(-c2cccc3oc(-c4ccccc4C4=NCCN4)cc23)cc1. The number of furan rings is 1. The van der Waals surface area contributed by atoms with Gasteiger partial charge in [-0.1, -0.05) is 66.2 Å². The molecule has 0 spiro atoms. The van der Waals surface area contributed by atoms with Gasteiger partial charge in [-0.3, -0.25) is 4.99 Å². The van der Waals surface area contributed by atoms with E-state index in [2.05, 4.69) is 71.8 Å². The summed E-state index contributed by atoms with van der Waals surface area (Å²) in [6.45, 7) is 3.82. The van der Waals surface area contributed by atoms with Gasteiger partial charge in [-0.15, -0.1) is 0 Å². The molecule has 1 N–H and O–H groups in total. The van der Waals surface area contributed by atoms with Crippen LogP contribution in [0.4, 0.5) is 0 Å². The summed E-state index contributed by atoms with van der Waals surface area (Å²) in [6, 6.07) is 25.3. The average molecular weight is 352 g/mol. The molecule has 0 fully saturated rings. The molecule has 3 heteroatoms. The topological polar surface area (TPSA) is 37.5 Å². The average Bonchev–Trinajstić information content (AvgIpc) is 3.38. The molecule has 2 heterocycles. The van der Waals surface area contributed by atoms with E-state index in [-0.39, 0.29) is 0 Å². The molecule has 1 aromatic heterocycles. The number of fused-ring (bicyclic) bond motifs is 1. The highest BCUT2D eigenvalue weighted by Crippen LogP contribution is 2.36. The van der Waals surface area contributed by atoms with E-state index in [1.807, 2.05) is 18.2 Å². The van der Waals surface area contributed by atoms with Crippen molar-refractivity contribution in [3.05, 3.63) is 83.9 Å². The lowest BCUT2D eigenvalue weighted by atomic mass is 9.99. The van der Waals surface area contributed by atoms with Crippen molar-refractivity contribution in [2.24, 2.45) is 4.99 Å². The van der Waals surface area contributed by atoms with Crippen LogP contribution >= 0.6 is 0 Å². The fraction of sp³-hybridized carbons (Fsp3) is 0.125. The Morgan fingerprint density at radius 2 is 1.63 bits per heavy atom. The molecular weight excluding hydrogens is 332 g/mol. The molecule has 3 nitrogen and oxygen atoms in total. The van der Waals surface area contributed by atoms with Gasteiger partial charge in [0, 0.05) is 23.1 Å². The van der Waals surface area contributed by atoms with E-state index in [4.69, 9.17) is 4.42 Å². The fourth-order valence-corrected chi connectivity index (χ4v) is 3.66. The molecule has 4 aromatic rings.